The third-order valence-corrected chi connectivity index (χ3v) is 2.82. The van der Waals surface area contributed by atoms with Crippen LogP contribution in [0, 0.1) is 5.41 Å². The molecule has 0 atom stereocenters. The Balaban J connectivity index is 2.53. The predicted molar refractivity (Wildman–Crippen MR) is 76.9 cm³/mol. The van der Waals surface area contributed by atoms with Gasteiger partial charge in [-0.3, -0.25) is 10.3 Å². The van der Waals surface area contributed by atoms with E-state index >= 15 is 0 Å². The summed E-state index contributed by atoms with van der Waals surface area (Å²) in [5.74, 6) is 1.41. The summed E-state index contributed by atoms with van der Waals surface area (Å²) in [5.41, 5.74) is 1.59. The van der Waals surface area contributed by atoms with Gasteiger partial charge in [-0.05, 0) is 24.3 Å². The van der Waals surface area contributed by atoms with Gasteiger partial charge in [-0.1, -0.05) is 24.3 Å². The molecule has 0 aliphatic carbocycles. The molecule has 0 amide bonds. The van der Waals surface area contributed by atoms with Crippen LogP contribution >= 0.6 is 0 Å². The molecule has 1 N–H and O–H groups in total. The van der Waals surface area contributed by atoms with E-state index in [0.717, 1.165) is 11.4 Å². The highest BCUT2D eigenvalue weighted by Gasteiger charge is 2.15. The Hall–Kier alpha value is -2.49. The highest BCUT2D eigenvalue weighted by Crippen LogP contribution is 2.36. The first-order valence-electron chi connectivity index (χ1n) is 5.87. The maximum Gasteiger partial charge on any atom is 0.142 e. The smallest absolute Gasteiger partial charge is 0.142 e. The third-order valence-electron chi connectivity index (χ3n) is 2.82. The lowest BCUT2D eigenvalue weighted by molar-refractivity contribution is 0.413. The zero-order valence-corrected chi connectivity index (χ0v) is 11.0. The minimum Gasteiger partial charge on any atom is -0.495 e. The maximum absolute atomic E-state index is 7.67. The lowest BCUT2D eigenvalue weighted by Gasteiger charge is -2.23. The second-order valence-corrected chi connectivity index (χ2v) is 3.84. The fraction of sp³-hybridized carbons (Fsp3) is 0.133. The minimum atomic E-state index is 0.705. The highest BCUT2D eigenvalue weighted by molar-refractivity contribution is 5.92. The van der Waals surface area contributed by atoms with Gasteiger partial charge in [-0.15, -0.1) is 0 Å². The first-order valence-corrected chi connectivity index (χ1v) is 5.87. The van der Waals surface area contributed by atoms with Crippen LogP contribution in [0.5, 0.6) is 11.5 Å². The zero-order chi connectivity index (χ0) is 13.7. The van der Waals surface area contributed by atoms with Gasteiger partial charge < -0.3 is 9.47 Å². The van der Waals surface area contributed by atoms with Crippen molar-refractivity contribution in [2.75, 3.05) is 19.1 Å². The van der Waals surface area contributed by atoms with E-state index in [0.29, 0.717) is 11.5 Å². The molecule has 0 fully saturated rings. The SMILES string of the molecule is COc1ccccc1N(C=N)c1ccccc1OC. The molecular formula is C15H16N2O2. The van der Waals surface area contributed by atoms with E-state index in [2.05, 4.69) is 0 Å². The molecule has 0 aliphatic heterocycles. The molecule has 0 saturated carbocycles. The van der Waals surface area contributed by atoms with E-state index in [-0.39, 0.29) is 0 Å². The van der Waals surface area contributed by atoms with Crippen molar-refractivity contribution in [2.45, 2.75) is 0 Å². The van der Waals surface area contributed by atoms with Gasteiger partial charge >= 0.3 is 0 Å². The fourth-order valence-corrected chi connectivity index (χ4v) is 1.93. The van der Waals surface area contributed by atoms with Crippen LogP contribution in [0.3, 0.4) is 0 Å². The number of nitrogens with one attached hydrogen (secondary N) is 1. The van der Waals surface area contributed by atoms with Gasteiger partial charge in [0.25, 0.3) is 0 Å². The first kappa shape index (κ1) is 13.0. The predicted octanol–water partition coefficient (Wildman–Crippen LogP) is 3.45. The summed E-state index contributed by atoms with van der Waals surface area (Å²) in [6.45, 7) is 0. The normalized spacial score (nSPS) is 9.79. The molecule has 0 radical (unpaired) electrons. The number of hydrogen-bond donors (Lipinski definition) is 1. The molecule has 2 rings (SSSR count). The molecule has 4 heteroatoms. The van der Waals surface area contributed by atoms with Gasteiger partial charge in [0.1, 0.15) is 11.5 Å². The van der Waals surface area contributed by atoms with Crippen LogP contribution in [0.4, 0.5) is 11.4 Å². The number of anilines is 2. The zero-order valence-electron chi connectivity index (χ0n) is 11.0. The van der Waals surface area contributed by atoms with E-state index in [1.807, 2.05) is 48.5 Å². The Bertz CT molecular complexity index is 522. The van der Waals surface area contributed by atoms with Gasteiger partial charge in [0.2, 0.25) is 0 Å². The molecule has 0 spiro atoms. The van der Waals surface area contributed by atoms with Gasteiger partial charge in [0, 0.05) is 0 Å². The molecule has 0 unspecified atom stereocenters. The monoisotopic (exact) mass is 256 g/mol. The van der Waals surface area contributed by atoms with Crippen LogP contribution in [-0.2, 0) is 0 Å². The minimum absolute atomic E-state index is 0.705. The van der Waals surface area contributed by atoms with Crippen molar-refractivity contribution >= 4 is 17.7 Å². The van der Waals surface area contributed by atoms with Crippen molar-refractivity contribution in [3.63, 3.8) is 0 Å². The number of para-hydroxylation sites is 4. The molecule has 0 bridgehead atoms. The summed E-state index contributed by atoms with van der Waals surface area (Å²) >= 11 is 0. The molecule has 0 aliphatic rings. The number of hydrogen-bond acceptors (Lipinski definition) is 3. The van der Waals surface area contributed by atoms with Crippen molar-refractivity contribution in [3.8, 4) is 11.5 Å². The summed E-state index contributed by atoms with van der Waals surface area (Å²) in [5, 5.41) is 7.67. The number of benzene rings is 2. The third kappa shape index (κ3) is 2.52. The van der Waals surface area contributed by atoms with Crippen molar-refractivity contribution < 1.29 is 9.47 Å². The molecule has 0 heterocycles. The second-order valence-electron chi connectivity index (χ2n) is 3.84. The van der Waals surface area contributed by atoms with Crippen molar-refractivity contribution in [3.05, 3.63) is 48.5 Å². The van der Waals surface area contributed by atoms with Crippen LogP contribution in [0.1, 0.15) is 0 Å². The Kier molecular flexibility index (Phi) is 4.03. The summed E-state index contributed by atoms with van der Waals surface area (Å²) in [7, 11) is 3.23. The number of ether oxygens (including phenoxy) is 2. The lowest BCUT2D eigenvalue weighted by Crippen LogP contribution is -2.15. The maximum atomic E-state index is 7.67. The lowest BCUT2D eigenvalue weighted by atomic mass is 10.2. The Morgan fingerprint density at radius 3 is 1.63 bits per heavy atom. The van der Waals surface area contributed by atoms with Crippen molar-refractivity contribution in [1.29, 1.82) is 5.41 Å². The molecule has 2 aromatic rings. The van der Waals surface area contributed by atoms with Crippen LogP contribution in [0.15, 0.2) is 48.5 Å². The molecule has 4 nitrogen and oxygen atoms in total. The van der Waals surface area contributed by atoms with Gasteiger partial charge in [0.15, 0.2) is 0 Å². The van der Waals surface area contributed by atoms with E-state index in [1.165, 1.54) is 6.34 Å². The largest absolute Gasteiger partial charge is 0.495 e. The summed E-state index contributed by atoms with van der Waals surface area (Å²) < 4.78 is 10.7. The van der Waals surface area contributed by atoms with E-state index in [4.69, 9.17) is 14.9 Å². The van der Waals surface area contributed by atoms with Crippen LogP contribution in [0.25, 0.3) is 0 Å². The van der Waals surface area contributed by atoms with Crippen LogP contribution in [-0.4, -0.2) is 20.6 Å². The second kappa shape index (κ2) is 5.91. The fourth-order valence-electron chi connectivity index (χ4n) is 1.93. The van der Waals surface area contributed by atoms with E-state index in [9.17, 15) is 0 Å². The van der Waals surface area contributed by atoms with Crippen molar-refractivity contribution in [2.24, 2.45) is 0 Å². The van der Waals surface area contributed by atoms with Gasteiger partial charge in [-0.25, -0.2) is 0 Å². The molecule has 0 aromatic heterocycles. The van der Waals surface area contributed by atoms with E-state index < -0.39 is 0 Å². The van der Waals surface area contributed by atoms with Crippen LogP contribution in [0.2, 0.25) is 0 Å². The Labute approximate surface area is 112 Å². The highest BCUT2D eigenvalue weighted by atomic mass is 16.5. The summed E-state index contributed by atoms with van der Waals surface area (Å²) in [6.07, 6.45) is 1.25. The average molecular weight is 256 g/mol. The molecule has 98 valence electrons. The Morgan fingerprint density at radius 2 is 1.26 bits per heavy atom. The molecule has 19 heavy (non-hydrogen) atoms. The summed E-state index contributed by atoms with van der Waals surface area (Å²) in [6, 6.07) is 15.1. The molecule has 0 saturated heterocycles. The average Bonchev–Trinajstić information content (AvgIpc) is 2.49. The Morgan fingerprint density at radius 1 is 0.842 bits per heavy atom. The molecular weight excluding hydrogens is 240 g/mol. The topological polar surface area (TPSA) is 45.5 Å². The van der Waals surface area contributed by atoms with Gasteiger partial charge in [-0.2, -0.15) is 0 Å². The standard InChI is InChI=1S/C15H16N2O2/c1-18-14-9-5-3-7-12(14)17(11-16)13-8-4-6-10-15(13)19-2/h3-11,16H,1-2H3. The number of nitrogens with zero attached hydrogens (tertiary/aromatic N) is 1. The number of methoxy groups -OCH3 is 2. The van der Waals surface area contributed by atoms with Crippen molar-refractivity contribution in [1.82, 2.24) is 0 Å². The van der Waals surface area contributed by atoms with Crippen LogP contribution < -0.4 is 14.4 Å². The number of rotatable bonds is 5. The quantitative estimate of drug-likeness (QED) is 0.658. The van der Waals surface area contributed by atoms with Gasteiger partial charge in [0.05, 0.1) is 31.9 Å². The first-order chi connectivity index (χ1) is 9.31. The molecule has 2 aromatic carbocycles. The van der Waals surface area contributed by atoms with E-state index in [1.54, 1.807) is 19.1 Å². The summed E-state index contributed by atoms with van der Waals surface area (Å²) in [4.78, 5) is 1.72.